The molecule has 17 heavy (non-hydrogen) atoms. The van der Waals surface area contributed by atoms with E-state index in [2.05, 4.69) is 43.4 Å². The summed E-state index contributed by atoms with van der Waals surface area (Å²) in [4.78, 5) is 13.5. The van der Waals surface area contributed by atoms with Gasteiger partial charge in [-0.15, -0.1) is 0 Å². The molecule has 1 fully saturated rings. The van der Waals surface area contributed by atoms with Gasteiger partial charge in [0.15, 0.2) is 0 Å². The van der Waals surface area contributed by atoms with E-state index in [0.29, 0.717) is 16.7 Å². The van der Waals surface area contributed by atoms with Crippen LogP contribution in [0.4, 0.5) is 5.69 Å². The first-order valence-corrected chi connectivity index (χ1v) is 6.23. The third-order valence-corrected chi connectivity index (χ3v) is 3.44. The molecule has 0 spiro atoms. The van der Waals surface area contributed by atoms with Gasteiger partial charge >= 0.3 is 0 Å². The molecule has 0 amide bonds. The van der Waals surface area contributed by atoms with Crippen molar-refractivity contribution >= 4 is 21.6 Å². The van der Waals surface area contributed by atoms with Crippen LogP contribution in [0.1, 0.15) is 0 Å². The highest BCUT2D eigenvalue weighted by Crippen LogP contribution is 2.15. The Hall–Kier alpha value is -0.920. The number of hydrogen-bond donors (Lipinski definition) is 2. The summed E-state index contributed by atoms with van der Waals surface area (Å²) in [6.07, 6.45) is 1.72. The van der Waals surface area contributed by atoms with Gasteiger partial charge in [0.2, 0.25) is 0 Å². The second kappa shape index (κ2) is 5.61. The van der Waals surface area contributed by atoms with E-state index in [9.17, 15) is 4.79 Å². The van der Waals surface area contributed by atoms with Gasteiger partial charge in [0.1, 0.15) is 4.47 Å². The maximum atomic E-state index is 11.3. The number of nitrogens with one attached hydrogen (secondary N) is 2. The summed E-state index contributed by atoms with van der Waals surface area (Å²) in [6.45, 7) is 3.26. The third-order valence-electron chi connectivity index (χ3n) is 2.66. The standard InChI is InChI=1S/C10H15BrN4O2/c1-15-2-3-17-7(6-15)4-12-8-5-13-14-10(16)9(8)11/h5,7H,2-4,6H2,1H3,(H2,12,14,16). The summed E-state index contributed by atoms with van der Waals surface area (Å²) in [5.41, 5.74) is 0.447. The number of rotatable bonds is 3. The molecule has 1 aromatic heterocycles. The van der Waals surface area contributed by atoms with Crippen LogP contribution in [0, 0.1) is 0 Å². The van der Waals surface area contributed by atoms with Gasteiger partial charge in [-0.3, -0.25) is 4.79 Å². The van der Waals surface area contributed by atoms with Crippen LogP contribution in [0.2, 0.25) is 0 Å². The molecule has 7 heteroatoms. The van der Waals surface area contributed by atoms with Gasteiger partial charge in [-0.2, -0.15) is 5.10 Å². The van der Waals surface area contributed by atoms with Crippen LogP contribution in [0.3, 0.4) is 0 Å². The van der Waals surface area contributed by atoms with Gasteiger partial charge in [-0.05, 0) is 23.0 Å². The first-order valence-electron chi connectivity index (χ1n) is 5.44. The molecule has 2 N–H and O–H groups in total. The maximum Gasteiger partial charge on any atom is 0.280 e. The van der Waals surface area contributed by atoms with E-state index >= 15 is 0 Å². The monoisotopic (exact) mass is 302 g/mol. The second-order valence-corrected chi connectivity index (χ2v) is 4.86. The van der Waals surface area contributed by atoms with E-state index in [1.807, 2.05) is 0 Å². The first kappa shape index (κ1) is 12.5. The summed E-state index contributed by atoms with van der Waals surface area (Å²) in [5.74, 6) is 0. The SMILES string of the molecule is CN1CCOC(CNc2cn[nH]c(=O)c2Br)C1. The number of nitrogens with zero attached hydrogens (tertiary/aromatic N) is 2. The minimum absolute atomic E-state index is 0.139. The Morgan fingerprint density at radius 1 is 1.76 bits per heavy atom. The van der Waals surface area contributed by atoms with Crippen molar-refractivity contribution in [3.05, 3.63) is 21.0 Å². The Labute approximate surface area is 107 Å². The van der Waals surface area contributed by atoms with Crippen molar-refractivity contribution in [2.45, 2.75) is 6.10 Å². The van der Waals surface area contributed by atoms with Crippen molar-refractivity contribution in [2.75, 3.05) is 38.6 Å². The lowest BCUT2D eigenvalue weighted by molar-refractivity contribution is -0.0117. The van der Waals surface area contributed by atoms with Crippen LogP contribution in [-0.4, -0.2) is 54.5 Å². The first-order chi connectivity index (χ1) is 8.16. The number of morpholine rings is 1. The molecular weight excluding hydrogens is 288 g/mol. The Kier molecular flexibility index (Phi) is 4.14. The van der Waals surface area contributed by atoms with Crippen molar-refractivity contribution < 1.29 is 4.74 Å². The van der Waals surface area contributed by atoms with Crippen LogP contribution >= 0.6 is 15.9 Å². The molecule has 94 valence electrons. The predicted molar refractivity (Wildman–Crippen MR) is 68.3 cm³/mol. The minimum atomic E-state index is -0.239. The average Bonchev–Trinajstić information content (AvgIpc) is 2.31. The topological polar surface area (TPSA) is 70.2 Å². The number of aromatic amines is 1. The quantitative estimate of drug-likeness (QED) is 0.839. The maximum absolute atomic E-state index is 11.3. The second-order valence-electron chi connectivity index (χ2n) is 4.06. The van der Waals surface area contributed by atoms with Gasteiger partial charge in [-0.1, -0.05) is 0 Å². The number of halogens is 1. The van der Waals surface area contributed by atoms with Gasteiger partial charge < -0.3 is 15.0 Å². The molecule has 0 bridgehead atoms. The summed E-state index contributed by atoms with van der Waals surface area (Å²) in [5, 5.41) is 9.26. The lowest BCUT2D eigenvalue weighted by atomic mass is 10.3. The molecule has 0 radical (unpaired) electrons. The highest BCUT2D eigenvalue weighted by atomic mass is 79.9. The number of likely N-dealkylation sites (N-methyl/N-ethyl adjacent to an activating group) is 1. The summed E-state index contributed by atoms with van der Waals surface area (Å²) in [6, 6.07) is 0. The largest absolute Gasteiger partial charge is 0.380 e. The summed E-state index contributed by atoms with van der Waals surface area (Å²) >= 11 is 3.22. The molecule has 2 heterocycles. The molecule has 1 unspecified atom stereocenters. The fourth-order valence-electron chi connectivity index (χ4n) is 1.72. The number of hydrogen-bond acceptors (Lipinski definition) is 5. The smallest absolute Gasteiger partial charge is 0.280 e. The Balaban J connectivity index is 1.93. The number of aromatic nitrogens is 2. The van der Waals surface area contributed by atoms with Crippen molar-refractivity contribution in [3.63, 3.8) is 0 Å². The van der Waals surface area contributed by atoms with Gasteiger partial charge in [0.25, 0.3) is 5.56 Å². The normalized spacial score (nSPS) is 21.4. The molecule has 1 aromatic rings. The molecule has 0 aromatic carbocycles. The van der Waals surface area contributed by atoms with Crippen LogP contribution in [0.25, 0.3) is 0 Å². The van der Waals surface area contributed by atoms with E-state index in [1.54, 1.807) is 6.20 Å². The van der Waals surface area contributed by atoms with Crippen LogP contribution in [0.5, 0.6) is 0 Å². The van der Waals surface area contributed by atoms with E-state index in [4.69, 9.17) is 4.74 Å². The van der Waals surface area contributed by atoms with Crippen molar-refractivity contribution in [1.82, 2.24) is 15.1 Å². The zero-order chi connectivity index (χ0) is 12.3. The highest BCUT2D eigenvalue weighted by Gasteiger charge is 2.17. The van der Waals surface area contributed by atoms with Gasteiger partial charge in [0.05, 0.1) is 24.6 Å². The van der Waals surface area contributed by atoms with Gasteiger partial charge in [-0.25, -0.2) is 5.10 Å². The van der Waals surface area contributed by atoms with Crippen molar-refractivity contribution in [3.8, 4) is 0 Å². The summed E-state index contributed by atoms with van der Waals surface area (Å²) in [7, 11) is 2.07. The molecule has 6 nitrogen and oxygen atoms in total. The molecule has 2 rings (SSSR count). The predicted octanol–water partition coefficient (Wildman–Crippen LogP) is 0.275. The van der Waals surface area contributed by atoms with E-state index in [1.165, 1.54) is 0 Å². The molecule has 0 aliphatic carbocycles. The molecule has 1 aliphatic rings. The minimum Gasteiger partial charge on any atom is -0.380 e. The number of ether oxygens (including phenoxy) is 1. The van der Waals surface area contributed by atoms with Crippen molar-refractivity contribution in [1.29, 1.82) is 0 Å². The average molecular weight is 303 g/mol. The Morgan fingerprint density at radius 2 is 2.59 bits per heavy atom. The molecule has 1 saturated heterocycles. The van der Waals surface area contributed by atoms with E-state index in [0.717, 1.165) is 19.7 Å². The molecular formula is C10H15BrN4O2. The lowest BCUT2D eigenvalue weighted by Gasteiger charge is -2.30. The van der Waals surface area contributed by atoms with Crippen LogP contribution in [0.15, 0.2) is 15.5 Å². The Morgan fingerprint density at radius 3 is 3.35 bits per heavy atom. The Bertz CT molecular complexity index is 437. The third kappa shape index (κ3) is 3.27. The zero-order valence-electron chi connectivity index (χ0n) is 9.57. The van der Waals surface area contributed by atoms with Gasteiger partial charge in [0, 0.05) is 19.6 Å². The van der Waals surface area contributed by atoms with Crippen LogP contribution in [-0.2, 0) is 4.74 Å². The number of anilines is 1. The van der Waals surface area contributed by atoms with Crippen LogP contribution < -0.4 is 10.9 Å². The highest BCUT2D eigenvalue weighted by molar-refractivity contribution is 9.10. The van der Waals surface area contributed by atoms with E-state index < -0.39 is 0 Å². The molecule has 1 atom stereocenters. The summed E-state index contributed by atoms with van der Waals surface area (Å²) < 4.78 is 6.08. The van der Waals surface area contributed by atoms with Crippen molar-refractivity contribution in [2.24, 2.45) is 0 Å². The zero-order valence-corrected chi connectivity index (χ0v) is 11.2. The fourth-order valence-corrected chi connectivity index (χ4v) is 2.05. The van der Waals surface area contributed by atoms with E-state index in [-0.39, 0.29) is 11.7 Å². The number of H-pyrrole nitrogens is 1. The molecule has 1 aliphatic heterocycles. The molecule has 0 saturated carbocycles. The lowest BCUT2D eigenvalue weighted by Crippen LogP contribution is -2.43. The fraction of sp³-hybridized carbons (Fsp3) is 0.600.